The average Bonchev–Trinajstić information content (AvgIpc) is 2.87. The summed E-state index contributed by atoms with van der Waals surface area (Å²) in [4.78, 5) is 12.9. The first kappa shape index (κ1) is 15.2. The number of carbonyl (C=O) groups is 1. The lowest BCUT2D eigenvalue weighted by molar-refractivity contribution is 0.105. The summed E-state index contributed by atoms with van der Waals surface area (Å²) in [6.07, 6.45) is 0. The van der Waals surface area contributed by atoms with E-state index in [0.717, 1.165) is 34.9 Å². The molecule has 23 heavy (non-hydrogen) atoms. The van der Waals surface area contributed by atoms with Crippen LogP contribution in [0.4, 0.5) is 0 Å². The zero-order valence-electron chi connectivity index (χ0n) is 13.5. The third-order valence-corrected chi connectivity index (χ3v) is 3.95. The van der Waals surface area contributed by atoms with E-state index in [4.69, 9.17) is 9.47 Å². The van der Waals surface area contributed by atoms with E-state index in [0.29, 0.717) is 11.1 Å². The maximum absolute atomic E-state index is 12.9. The summed E-state index contributed by atoms with van der Waals surface area (Å²) < 4.78 is 10.5. The van der Waals surface area contributed by atoms with Crippen LogP contribution in [0, 0.1) is 0 Å². The van der Waals surface area contributed by atoms with Gasteiger partial charge in [0.25, 0.3) is 0 Å². The number of ketones is 1. The minimum atomic E-state index is 0.0313. The minimum Gasteiger partial charge on any atom is -0.497 e. The second-order valence-corrected chi connectivity index (χ2v) is 5.25. The molecule has 0 aromatic heterocycles. The first-order chi connectivity index (χ1) is 11.2. The summed E-state index contributed by atoms with van der Waals surface area (Å²) in [6.45, 7) is 2.75. The first-order valence-corrected chi connectivity index (χ1v) is 7.55. The van der Waals surface area contributed by atoms with Crippen molar-refractivity contribution >= 4 is 17.1 Å². The SMILES string of the molecule is CCNC1=C(c2ccc(OC)cc2)C(=O)c2ccc(OC)cc21. The fraction of sp³-hybridized carbons (Fsp3) is 0.211. The van der Waals surface area contributed by atoms with Crippen LogP contribution in [0.3, 0.4) is 0 Å². The van der Waals surface area contributed by atoms with Gasteiger partial charge in [-0.15, -0.1) is 0 Å². The number of hydrogen-bond donors (Lipinski definition) is 1. The fourth-order valence-corrected chi connectivity index (χ4v) is 2.83. The molecular formula is C19H19NO3. The molecule has 1 aliphatic rings. The van der Waals surface area contributed by atoms with E-state index in [-0.39, 0.29) is 5.78 Å². The lowest BCUT2D eigenvalue weighted by Crippen LogP contribution is -2.11. The van der Waals surface area contributed by atoms with Gasteiger partial charge in [-0.3, -0.25) is 4.79 Å². The Morgan fingerprint density at radius 3 is 2.17 bits per heavy atom. The van der Waals surface area contributed by atoms with Gasteiger partial charge in [0.2, 0.25) is 0 Å². The molecule has 0 fully saturated rings. The van der Waals surface area contributed by atoms with Gasteiger partial charge in [-0.2, -0.15) is 0 Å². The zero-order valence-corrected chi connectivity index (χ0v) is 13.5. The van der Waals surface area contributed by atoms with Gasteiger partial charge in [0.15, 0.2) is 5.78 Å². The molecule has 1 aliphatic carbocycles. The predicted molar refractivity (Wildman–Crippen MR) is 90.8 cm³/mol. The number of nitrogens with one attached hydrogen (secondary N) is 1. The second-order valence-electron chi connectivity index (χ2n) is 5.25. The van der Waals surface area contributed by atoms with Gasteiger partial charge < -0.3 is 14.8 Å². The van der Waals surface area contributed by atoms with Crippen LogP contribution in [0.2, 0.25) is 0 Å². The number of allylic oxidation sites excluding steroid dienone is 1. The van der Waals surface area contributed by atoms with Crippen LogP contribution in [0.1, 0.15) is 28.4 Å². The van der Waals surface area contributed by atoms with Crippen molar-refractivity contribution in [3.63, 3.8) is 0 Å². The van der Waals surface area contributed by atoms with Gasteiger partial charge in [-0.1, -0.05) is 12.1 Å². The molecular weight excluding hydrogens is 290 g/mol. The van der Waals surface area contributed by atoms with Gasteiger partial charge in [0.05, 0.1) is 25.5 Å². The van der Waals surface area contributed by atoms with Crippen LogP contribution in [0.15, 0.2) is 42.5 Å². The number of Topliss-reactive ketones (excluding diaryl/α,β-unsaturated/α-hetero) is 1. The lowest BCUT2D eigenvalue weighted by Gasteiger charge is -2.10. The Morgan fingerprint density at radius 1 is 0.913 bits per heavy atom. The number of hydrogen-bond acceptors (Lipinski definition) is 4. The van der Waals surface area contributed by atoms with Crippen LogP contribution in [-0.4, -0.2) is 26.5 Å². The van der Waals surface area contributed by atoms with Crippen molar-refractivity contribution in [1.82, 2.24) is 5.32 Å². The Hall–Kier alpha value is -2.75. The molecule has 0 saturated carbocycles. The summed E-state index contributed by atoms with van der Waals surface area (Å²) in [7, 11) is 3.25. The molecule has 4 heteroatoms. The van der Waals surface area contributed by atoms with E-state index in [1.165, 1.54) is 0 Å². The van der Waals surface area contributed by atoms with Crippen molar-refractivity contribution in [2.45, 2.75) is 6.92 Å². The van der Waals surface area contributed by atoms with Crippen molar-refractivity contribution in [1.29, 1.82) is 0 Å². The molecule has 3 rings (SSSR count). The third-order valence-electron chi connectivity index (χ3n) is 3.95. The molecule has 118 valence electrons. The van der Waals surface area contributed by atoms with E-state index in [9.17, 15) is 4.79 Å². The van der Waals surface area contributed by atoms with Crippen molar-refractivity contribution in [2.75, 3.05) is 20.8 Å². The maximum atomic E-state index is 12.9. The number of fused-ring (bicyclic) bond motifs is 1. The summed E-state index contributed by atoms with van der Waals surface area (Å²) >= 11 is 0. The molecule has 1 N–H and O–H groups in total. The highest BCUT2D eigenvalue weighted by atomic mass is 16.5. The molecule has 0 radical (unpaired) electrons. The minimum absolute atomic E-state index is 0.0313. The monoisotopic (exact) mass is 309 g/mol. The number of benzene rings is 2. The van der Waals surface area contributed by atoms with Crippen LogP contribution in [-0.2, 0) is 0 Å². The highest BCUT2D eigenvalue weighted by molar-refractivity contribution is 6.39. The summed E-state index contributed by atoms with van der Waals surface area (Å²) in [6, 6.07) is 13.1. The molecule has 0 aliphatic heterocycles. The molecule has 2 aromatic rings. The summed E-state index contributed by atoms with van der Waals surface area (Å²) in [5, 5.41) is 3.33. The quantitative estimate of drug-likeness (QED) is 0.920. The summed E-state index contributed by atoms with van der Waals surface area (Å²) in [5.41, 5.74) is 4.02. The van der Waals surface area contributed by atoms with Crippen molar-refractivity contribution in [3.8, 4) is 11.5 Å². The standard InChI is InChI=1S/C19H19NO3/c1-4-20-18-16-11-14(23-3)9-10-15(16)19(21)17(18)12-5-7-13(22-2)8-6-12/h5-11,20H,4H2,1-3H3. The van der Waals surface area contributed by atoms with Crippen LogP contribution >= 0.6 is 0 Å². The zero-order chi connectivity index (χ0) is 16.4. The van der Waals surface area contributed by atoms with Crippen molar-refractivity contribution in [3.05, 3.63) is 59.2 Å². The Morgan fingerprint density at radius 2 is 1.57 bits per heavy atom. The van der Waals surface area contributed by atoms with Gasteiger partial charge in [-0.05, 0) is 42.8 Å². The maximum Gasteiger partial charge on any atom is 0.196 e. The first-order valence-electron chi connectivity index (χ1n) is 7.55. The van der Waals surface area contributed by atoms with E-state index in [1.807, 2.05) is 49.4 Å². The normalized spacial score (nSPS) is 13.1. The van der Waals surface area contributed by atoms with E-state index in [2.05, 4.69) is 5.32 Å². The fourth-order valence-electron chi connectivity index (χ4n) is 2.83. The Balaban J connectivity index is 2.15. The Bertz CT molecular complexity index is 776. The lowest BCUT2D eigenvalue weighted by atomic mass is 10.0. The van der Waals surface area contributed by atoms with E-state index < -0.39 is 0 Å². The number of rotatable bonds is 5. The second kappa shape index (κ2) is 6.16. The highest BCUT2D eigenvalue weighted by Gasteiger charge is 2.30. The van der Waals surface area contributed by atoms with Crippen molar-refractivity contribution < 1.29 is 14.3 Å². The van der Waals surface area contributed by atoms with Gasteiger partial charge >= 0.3 is 0 Å². The molecule has 0 spiro atoms. The molecule has 0 amide bonds. The van der Waals surface area contributed by atoms with Crippen LogP contribution in [0.25, 0.3) is 11.3 Å². The van der Waals surface area contributed by atoms with Crippen LogP contribution in [0.5, 0.6) is 11.5 Å². The highest BCUT2D eigenvalue weighted by Crippen LogP contribution is 2.38. The number of carbonyl (C=O) groups excluding carboxylic acids is 1. The molecule has 0 heterocycles. The topological polar surface area (TPSA) is 47.6 Å². The summed E-state index contributed by atoms with van der Waals surface area (Å²) in [5.74, 6) is 1.54. The molecule has 0 unspecified atom stereocenters. The largest absolute Gasteiger partial charge is 0.497 e. The molecule has 0 atom stereocenters. The van der Waals surface area contributed by atoms with Crippen molar-refractivity contribution in [2.24, 2.45) is 0 Å². The van der Waals surface area contributed by atoms with E-state index in [1.54, 1.807) is 14.2 Å². The Labute approximate surface area is 135 Å². The average molecular weight is 309 g/mol. The molecule has 0 saturated heterocycles. The third kappa shape index (κ3) is 2.57. The van der Waals surface area contributed by atoms with Gasteiger partial charge in [0.1, 0.15) is 11.5 Å². The molecule has 4 nitrogen and oxygen atoms in total. The molecule has 2 aromatic carbocycles. The number of methoxy groups -OCH3 is 2. The van der Waals surface area contributed by atoms with Crippen LogP contribution < -0.4 is 14.8 Å². The number of ether oxygens (including phenoxy) is 2. The molecule has 0 bridgehead atoms. The Kier molecular flexibility index (Phi) is 4.06. The van der Waals surface area contributed by atoms with Gasteiger partial charge in [-0.25, -0.2) is 0 Å². The predicted octanol–water partition coefficient (Wildman–Crippen LogP) is 3.38. The smallest absolute Gasteiger partial charge is 0.196 e. The van der Waals surface area contributed by atoms with E-state index >= 15 is 0 Å². The van der Waals surface area contributed by atoms with Gasteiger partial charge in [0, 0.05) is 17.7 Å².